The molecule has 0 radical (unpaired) electrons. The van der Waals surface area contributed by atoms with Gasteiger partial charge in [0.2, 0.25) is 5.91 Å². The van der Waals surface area contributed by atoms with E-state index in [1.54, 1.807) is 25.3 Å². The molecule has 0 unspecified atom stereocenters. The quantitative estimate of drug-likeness (QED) is 0.0497. The predicted molar refractivity (Wildman–Crippen MR) is 223 cm³/mol. The van der Waals surface area contributed by atoms with Gasteiger partial charge in [-0.2, -0.15) is 0 Å². The van der Waals surface area contributed by atoms with Crippen LogP contribution >= 0.6 is 0 Å². The molecule has 0 bridgehead atoms. The van der Waals surface area contributed by atoms with Crippen LogP contribution in [0.25, 0.3) is 22.2 Å². The molecule has 1 aliphatic heterocycles. The molecular formula is C44H59N3O14. The van der Waals surface area contributed by atoms with E-state index >= 15 is 0 Å². The molecular weight excluding hydrogens is 794 g/mol. The van der Waals surface area contributed by atoms with E-state index in [0.717, 1.165) is 15.8 Å². The molecule has 334 valence electrons. The second-order valence-electron chi connectivity index (χ2n) is 13.4. The minimum atomic E-state index is -0.317. The smallest absolute Gasteiger partial charge is 0.253 e. The van der Waals surface area contributed by atoms with E-state index in [0.29, 0.717) is 134 Å². The summed E-state index contributed by atoms with van der Waals surface area (Å²) >= 11 is 0. The molecule has 4 rings (SSSR count). The first kappa shape index (κ1) is 49.0. The number of amides is 3. The number of rotatable bonds is 35. The van der Waals surface area contributed by atoms with Gasteiger partial charge in [0, 0.05) is 53.6 Å². The minimum absolute atomic E-state index is 0.0404. The summed E-state index contributed by atoms with van der Waals surface area (Å²) in [7, 11) is 1.54. The van der Waals surface area contributed by atoms with E-state index in [1.165, 1.54) is 12.2 Å². The van der Waals surface area contributed by atoms with Gasteiger partial charge in [0.25, 0.3) is 11.8 Å². The third kappa shape index (κ3) is 18.4. The van der Waals surface area contributed by atoms with E-state index in [9.17, 15) is 24.3 Å². The number of fused-ring (bicyclic) bond motifs is 1. The molecule has 3 aromatic rings. The number of para-hydroxylation sites is 1. The average Bonchev–Trinajstić information content (AvgIpc) is 3.60. The van der Waals surface area contributed by atoms with Crippen molar-refractivity contribution in [1.29, 1.82) is 0 Å². The number of benzene rings is 2. The van der Waals surface area contributed by atoms with Crippen LogP contribution in [0.3, 0.4) is 0 Å². The van der Waals surface area contributed by atoms with Crippen LogP contribution in [0.5, 0.6) is 5.75 Å². The zero-order chi connectivity index (χ0) is 43.3. The van der Waals surface area contributed by atoms with Crippen LogP contribution < -0.4 is 10.1 Å². The van der Waals surface area contributed by atoms with E-state index < -0.39 is 0 Å². The van der Waals surface area contributed by atoms with Crippen LogP contribution in [0.4, 0.5) is 0 Å². The molecule has 0 atom stereocenters. The fraction of sp³-hybridized carbons (Fsp3) is 0.523. The molecule has 1 aromatic heterocycles. The van der Waals surface area contributed by atoms with Crippen molar-refractivity contribution in [1.82, 2.24) is 15.2 Å². The van der Waals surface area contributed by atoms with Crippen molar-refractivity contribution in [3.8, 4) is 17.0 Å². The van der Waals surface area contributed by atoms with Crippen molar-refractivity contribution in [3.63, 3.8) is 0 Å². The van der Waals surface area contributed by atoms with Gasteiger partial charge in [-0.05, 0) is 24.6 Å². The SMILES string of the molecule is COc1cc(-c2cc(C(=O)CCCNC(=O)CCOCCOCCOCCOCCOCCOCCOCCOCCN3C(=O)C=CC3=O)c3ccccc3n2)ccc1CO. The number of aliphatic hydroxyl groups excluding tert-OH is 1. The minimum Gasteiger partial charge on any atom is -0.496 e. The van der Waals surface area contributed by atoms with E-state index in [2.05, 4.69) is 5.32 Å². The summed E-state index contributed by atoms with van der Waals surface area (Å²) in [4.78, 5) is 54.4. The molecule has 0 fully saturated rings. The van der Waals surface area contributed by atoms with Gasteiger partial charge in [0.15, 0.2) is 5.78 Å². The molecule has 17 heteroatoms. The number of aliphatic hydroxyl groups is 1. The number of nitrogens with one attached hydrogen (secondary N) is 1. The average molecular weight is 854 g/mol. The zero-order valence-corrected chi connectivity index (χ0v) is 35.0. The third-order valence-electron chi connectivity index (χ3n) is 9.11. The number of hydrogen-bond donors (Lipinski definition) is 2. The van der Waals surface area contributed by atoms with E-state index in [-0.39, 0.29) is 62.7 Å². The number of imide groups is 1. The summed E-state index contributed by atoms with van der Waals surface area (Å²) in [5, 5.41) is 13.2. The highest BCUT2D eigenvalue weighted by atomic mass is 16.6. The Morgan fingerprint density at radius 2 is 1.18 bits per heavy atom. The van der Waals surface area contributed by atoms with Crippen molar-refractivity contribution in [2.45, 2.75) is 25.9 Å². The van der Waals surface area contributed by atoms with Gasteiger partial charge in [-0.3, -0.25) is 24.1 Å². The molecule has 17 nitrogen and oxygen atoms in total. The Morgan fingerprint density at radius 3 is 1.72 bits per heavy atom. The largest absolute Gasteiger partial charge is 0.496 e. The van der Waals surface area contributed by atoms with Crippen molar-refractivity contribution >= 4 is 34.4 Å². The first-order chi connectivity index (χ1) is 29.9. The molecule has 3 amide bonds. The maximum Gasteiger partial charge on any atom is 0.253 e. The number of pyridine rings is 1. The lowest BCUT2D eigenvalue weighted by Gasteiger charge is -2.13. The van der Waals surface area contributed by atoms with Crippen LogP contribution in [0.2, 0.25) is 0 Å². The summed E-state index contributed by atoms with van der Waals surface area (Å²) in [5.74, 6) is -0.279. The van der Waals surface area contributed by atoms with Gasteiger partial charge in [0.05, 0.1) is 137 Å². The Hall–Kier alpha value is -4.69. The van der Waals surface area contributed by atoms with Gasteiger partial charge in [-0.1, -0.05) is 30.3 Å². The van der Waals surface area contributed by atoms with Crippen LogP contribution in [0, 0.1) is 0 Å². The second kappa shape index (κ2) is 29.5. The number of ether oxygens (including phenoxy) is 9. The maximum atomic E-state index is 13.4. The lowest BCUT2D eigenvalue weighted by atomic mass is 9.98. The van der Waals surface area contributed by atoms with Crippen LogP contribution in [-0.2, 0) is 58.9 Å². The molecule has 0 aliphatic carbocycles. The second-order valence-corrected chi connectivity index (χ2v) is 13.4. The Labute approximate surface area is 356 Å². The zero-order valence-electron chi connectivity index (χ0n) is 35.0. The van der Waals surface area contributed by atoms with Crippen molar-refractivity contribution in [3.05, 3.63) is 71.8 Å². The molecule has 0 spiro atoms. The Morgan fingerprint density at radius 1 is 0.656 bits per heavy atom. The number of methoxy groups -OCH3 is 1. The van der Waals surface area contributed by atoms with Crippen LogP contribution in [-0.4, -0.2) is 164 Å². The van der Waals surface area contributed by atoms with Gasteiger partial charge >= 0.3 is 0 Å². The first-order valence-electron chi connectivity index (χ1n) is 20.5. The number of nitrogens with zero attached hydrogens (tertiary/aromatic N) is 2. The number of aromatic nitrogens is 1. The highest BCUT2D eigenvalue weighted by Gasteiger charge is 2.22. The number of ketones is 1. The molecule has 0 saturated carbocycles. The fourth-order valence-electron chi connectivity index (χ4n) is 5.90. The fourth-order valence-corrected chi connectivity index (χ4v) is 5.90. The van der Waals surface area contributed by atoms with Crippen molar-refractivity contribution < 1.29 is 66.9 Å². The van der Waals surface area contributed by atoms with E-state index in [4.69, 9.17) is 47.6 Å². The topological polar surface area (TPSA) is 200 Å². The van der Waals surface area contributed by atoms with Gasteiger partial charge < -0.3 is 53.1 Å². The van der Waals surface area contributed by atoms with Crippen molar-refractivity contribution in [2.24, 2.45) is 0 Å². The van der Waals surface area contributed by atoms with E-state index in [1.807, 2.05) is 30.3 Å². The predicted octanol–water partition coefficient (Wildman–Crippen LogP) is 2.93. The van der Waals surface area contributed by atoms with Crippen LogP contribution in [0.15, 0.2) is 60.7 Å². The summed E-state index contributed by atoms with van der Waals surface area (Å²) in [6.07, 6.45) is 3.44. The molecule has 2 aromatic carbocycles. The van der Waals surface area contributed by atoms with Crippen LogP contribution in [0.1, 0.15) is 35.2 Å². The number of Topliss-reactive ketones (excluding diaryl/α,β-unsaturated/α-hetero) is 1. The first-order valence-corrected chi connectivity index (χ1v) is 20.5. The summed E-state index contributed by atoms with van der Waals surface area (Å²) < 4.78 is 49.1. The molecule has 0 saturated heterocycles. The normalized spacial score (nSPS) is 12.5. The highest BCUT2D eigenvalue weighted by Crippen LogP contribution is 2.30. The highest BCUT2D eigenvalue weighted by molar-refractivity contribution is 6.12. The number of carbonyl (C=O) groups excluding carboxylic acids is 4. The summed E-state index contributed by atoms with van der Waals surface area (Å²) in [6.45, 7) is 6.80. The molecule has 2 heterocycles. The lowest BCUT2D eigenvalue weighted by Crippen LogP contribution is -2.33. The Balaban J connectivity index is 0.889. The Bertz CT molecular complexity index is 1810. The monoisotopic (exact) mass is 853 g/mol. The molecule has 2 N–H and O–H groups in total. The van der Waals surface area contributed by atoms with Gasteiger partial charge in [-0.25, -0.2) is 4.98 Å². The van der Waals surface area contributed by atoms with Gasteiger partial charge in [0.1, 0.15) is 5.75 Å². The standard InChI is InChI=1S/C44H59N3O14/c1-53-41-31-34(8-9-35(41)33-48)39-32-37(36-5-2-3-6-38(36)46-39)40(49)7-4-13-45-42(50)12-15-54-17-19-56-21-23-58-25-27-60-29-30-61-28-26-59-24-22-57-20-18-55-16-14-47-43(51)10-11-44(47)52/h2-3,5-6,8-11,31-32,48H,4,7,12-30,33H2,1H3,(H,45,50). The van der Waals surface area contributed by atoms with Crippen molar-refractivity contribution in [2.75, 3.05) is 126 Å². The Kier molecular flexibility index (Phi) is 23.7. The lowest BCUT2D eigenvalue weighted by molar-refractivity contribution is -0.137. The number of carbonyl (C=O) groups is 4. The molecule has 61 heavy (non-hydrogen) atoms. The maximum absolute atomic E-state index is 13.4. The van der Waals surface area contributed by atoms with Gasteiger partial charge in [-0.15, -0.1) is 0 Å². The molecule has 1 aliphatic rings. The summed E-state index contributed by atoms with van der Waals surface area (Å²) in [5.41, 5.74) is 3.33. The third-order valence-corrected chi connectivity index (χ3v) is 9.11. The summed E-state index contributed by atoms with van der Waals surface area (Å²) in [6, 6.07) is 14.7. The number of hydrogen-bond acceptors (Lipinski definition) is 15.